The largest absolute Gasteiger partial charge is 0.392 e. The summed E-state index contributed by atoms with van der Waals surface area (Å²) in [5.41, 5.74) is 1.45. The molecule has 0 spiro atoms. The van der Waals surface area contributed by atoms with Gasteiger partial charge in [-0.1, -0.05) is 31.9 Å². The van der Waals surface area contributed by atoms with Gasteiger partial charge in [-0.15, -0.1) is 0 Å². The van der Waals surface area contributed by atoms with Gasteiger partial charge >= 0.3 is 0 Å². The maximum absolute atomic E-state index is 14.7. The van der Waals surface area contributed by atoms with Gasteiger partial charge in [0, 0.05) is 11.1 Å². The Hall–Kier alpha value is -1.72. The number of halogens is 1. The van der Waals surface area contributed by atoms with E-state index in [9.17, 15) is 14.6 Å². The monoisotopic (exact) mass is 370 g/mol. The molecule has 2 bridgehead atoms. The topological polar surface area (TPSA) is 58.3 Å². The minimum absolute atomic E-state index is 0.224. The number of hydrogen-bond acceptors (Lipinski definition) is 3. The number of hydrogen-bond donors (Lipinski definition) is 2. The maximum Gasteiger partial charge on any atom is 0.129 e. The first-order valence-electron chi connectivity index (χ1n) is 10.1. The molecule has 5 heteroatoms. The van der Waals surface area contributed by atoms with Gasteiger partial charge in [-0.2, -0.15) is 0 Å². The average Bonchev–Trinajstić information content (AvgIpc) is 3.17. The summed E-state index contributed by atoms with van der Waals surface area (Å²) >= 11 is 0. The van der Waals surface area contributed by atoms with Gasteiger partial charge in [0.2, 0.25) is 0 Å². The van der Waals surface area contributed by atoms with E-state index in [4.69, 9.17) is 0 Å². The van der Waals surface area contributed by atoms with Crippen LogP contribution in [0.2, 0.25) is 0 Å². The molecule has 0 saturated heterocycles. The van der Waals surface area contributed by atoms with E-state index in [0.29, 0.717) is 24.3 Å². The molecule has 5 rings (SSSR count). The molecule has 1 aromatic heterocycles. The Balaban J connectivity index is 1.46. The minimum atomic E-state index is -0.643. The van der Waals surface area contributed by atoms with Crippen LogP contribution in [0.1, 0.15) is 63.5 Å². The molecule has 144 valence electrons. The Morgan fingerprint density at radius 3 is 3.04 bits per heavy atom. The molecule has 2 fully saturated rings. The van der Waals surface area contributed by atoms with Gasteiger partial charge in [-0.25, -0.2) is 9.37 Å². The molecule has 2 saturated carbocycles. The smallest absolute Gasteiger partial charge is 0.129 e. The number of aliphatic hydroxyl groups excluding tert-OH is 1. The molecule has 1 aliphatic heterocycles. The highest BCUT2D eigenvalue weighted by Gasteiger charge is 2.50. The molecule has 5 atom stereocenters. The Kier molecular flexibility index (Phi) is 3.79. The van der Waals surface area contributed by atoms with Crippen molar-refractivity contribution in [2.24, 2.45) is 11.3 Å². The molecule has 4 nitrogen and oxygen atoms in total. The first-order chi connectivity index (χ1) is 12.9. The predicted molar refractivity (Wildman–Crippen MR) is 101 cm³/mol. The summed E-state index contributed by atoms with van der Waals surface area (Å²) in [7, 11) is 0. The van der Waals surface area contributed by atoms with Crippen molar-refractivity contribution < 1.29 is 14.6 Å². The highest BCUT2D eigenvalue weighted by molar-refractivity contribution is 5.69. The van der Waals surface area contributed by atoms with Crippen LogP contribution in [0.15, 0.2) is 30.7 Å². The maximum atomic E-state index is 14.7. The number of aromatic nitrogens is 2. The number of benzene rings is 1. The van der Waals surface area contributed by atoms with Crippen LogP contribution in [0.5, 0.6) is 0 Å². The average molecular weight is 370 g/mol. The molecule has 2 aromatic rings. The number of nitrogens with zero attached hydrogens (tertiary/aromatic N) is 2. The van der Waals surface area contributed by atoms with Gasteiger partial charge in [0.05, 0.1) is 36.0 Å². The van der Waals surface area contributed by atoms with Crippen molar-refractivity contribution in [2.45, 2.75) is 69.6 Å². The van der Waals surface area contributed by atoms with Crippen molar-refractivity contribution >= 4 is 0 Å². The van der Waals surface area contributed by atoms with Crippen molar-refractivity contribution in [2.75, 3.05) is 0 Å². The van der Waals surface area contributed by atoms with Gasteiger partial charge in [-0.05, 0) is 49.5 Å². The van der Waals surface area contributed by atoms with Crippen LogP contribution in [-0.4, -0.2) is 31.5 Å². The van der Waals surface area contributed by atoms with Crippen LogP contribution < -0.4 is 0 Å². The Bertz CT molecular complexity index is 881. The number of imidazole rings is 1. The third-order valence-corrected chi connectivity index (χ3v) is 7.33. The van der Waals surface area contributed by atoms with Crippen molar-refractivity contribution in [3.63, 3.8) is 0 Å². The first kappa shape index (κ1) is 17.4. The Morgan fingerprint density at radius 2 is 2.22 bits per heavy atom. The number of aliphatic hydroxyl groups is 2. The fourth-order valence-corrected chi connectivity index (χ4v) is 6.26. The lowest BCUT2D eigenvalue weighted by atomic mass is 9.57. The lowest BCUT2D eigenvalue weighted by Gasteiger charge is -2.52. The Labute approximate surface area is 159 Å². The standard InChI is InChI=1S/C22H27FN2O2/c1-21(9-14-4-3-7-22(27,10-14)12-21)19(26)8-17-20-15(5-2-6-16(20)23)18-11-24-13-25(17)18/h2,5-6,11,13-14,17,19,26-27H,3-4,7-10,12H2,1H3/t14?,17?,19?,21-,22?/m1/s1. The summed E-state index contributed by atoms with van der Waals surface area (Å²) in [5.74, 6) is 0.256. The van der Waals surface area contributed by atoms with Crippen LogP contribution in [0.25, 0.3) is 11.3 Å². The second kappa shape index (κ2) is 5.89. The summed E-state index contributed by atoms with van der Waals surface area (Å²) in [6.45, 7) is 2.10. The van der Waals surface area contributed by atoms with Crippen LogP contribution in [0.3, 0.4) is 0 Å². The molecule has 4 unspecified atom stereocenters. The van der Waals surface area contributed by atoms with Crippen LogP contribution in [0, 0.1) is 17.2 Å². The van der Waals surface area contributed by atoms with Gasteiger partial charge in [0.25, 0.3) is 0 Å². The van der Waals surface area contributed by atoms with E-state index in [1.54, 1.807) is 18.6 Å². The molecule has 2 N–H and O–H groups in total. The van der Waals surface area contributed by atoms with Gasteiger partial charge in [0.1, 0.15) is 5.82 Å². The SMILES string of the molecule is C[C@@]1(C(O)CC2c3c(F)cccc3-c3cncn32)CC2CCCC(O)(C2)C1. The summed E-state index contributed by atoms with van der Waals surface area (Å²) in [5, 5.41) is 22.3. The summed E-state index contributed by atoms with van der Waals surface area (Å²) in [6.07, 6.45) is 8.81. The predicted octanol–water partition coefficient (Wildman–Crippen LogP) is 4.06. The van der Waals surface area contributed by atoms with Gasteiger partial charge < -0.3 is 14.8 Å². The number of fused-ring (bicyclic) bond motifs is 5. The second-order valence-corrected chi connectivity index (χ2v) is 9.38. The molecule has 3 aliphatic rings. The van der Waals surface area contributed by atoms with E-state index in [2.05, 4.69) is 11.9 Å². The van der Waals surface area contributed by atoms with Gasteiger partial charge in [0.15, 0.2) is 0 Å². The summed E-state index contributed by atoms with van der Waals surface area (Å²) in [6, 6.07) is 4.90. The van der Waals surface area contributed by atoms with Crippen molar-refractivity contribution in [1.82, 2.24) is 9.55 Å². The zero-order valence-corrected chi connectivity index (χ0v) is 15.7. The highest BCUT2D eigenvalue weighted by Crippen LogP contribution is 2.54. The summed E-state index contributed by atoms with van der Waals surface area (Å²) in [4.78, 5) is 4.24. The fraction of sp³-hybridized carbons (Fsp3) is 0.591. The molecular formula is C22H27FN2O2. The number of rotatable bonds is 3. The quantitative estimate of drug-likeness (QED) is 0.856. The van der Waals surface area contributed by atoms with Crippen LogP contribution in [0.4, 0.5) is 4.39 Å². The zero-order valence-electron chi connectivity index (χ0n) is 15.7. The molecule has 0 amide bonds. The molecule has 27 heavy (non-hydrogen) atoms. The van der Waals surface area contributed by atoms with Gasteiger partial charge in [-0.3, -0.25) is 0 Å². The lowest BCUT2D eigenvalue weighted by molar-refractivity contribution is -0.131. The van der Waals surface area contributed by atoms with Crippen molar-refractivity contribution in [1.29, 1.82) is 0 Å². The van der Waals surface area contributed by atoms with E-state index in [-0.39, 0.29) is 17.3 Å². The lowest BCUT2D eigenvalue weighted by Crippen LogP contribution is -2.51. The molecule has 2 heterocycles. The van der Waals surface area contributed by atoms with E-state index in [1.165, 1.54) is 6.07 Å². The summed E-state index contributed by atoms with van der Waals surface area (Å²) < 4.78 is 16.6. The van der Waals surface area contributed by atoms with E-state index >= 15 is 0 Å². The van der Waals surface area contributed by atoms with Crippen LogP contribution in [-0.2, 0) is 0 Å². The third kappa shape index (κ3) is 2.66. The fourth-order valence-electron chi connectivity index (χ4n) is 6.26. The molecule has 2 aliphatic carbocycles. The molecular weight excluding hydrogens is 343 g/mol. The molecule has 0 radical (unpaired) electrons. The van der Waals surface area contributed by atoms with E-state index in [1.807, 2.05) is 10.6 Å². The zero-order chi connectivity index (χ0) is 18.8. The second-order valence-electron chi connectivity index (χ2n) is 9.38. The minimum Gasteiger partial charge on any atom is -0.392 e. The first-order valence-corrected chi connectivity index (χ1v) is 10.1. The normalized spacial score (nSPS) is 35.6. The van der Waals surface area contributed by atoms with E-state index < -0.39 is 11.7 Å². The highest BCUT2D eigenvalue weighted by atomic mass is 19.1. The van der Waals surface area contributed by atoms with Crippen LogP contribution >= 0.6 is 0 Å². The Morgan fingerprint density at radius 1 is 1.37 bits per heavy atom. The van der Waals surface area contributed by atoms with Crippen molar-refractivity contribution in [3.8, 4) is 11.3 Å². The van der Waals surface area contributed by atoms with Crippen molar-refractivity contribution in [3.05, 3.63) is 42.1 Å². The van der Waals surface area contributed by atoms with E-state index in [0.717, 1.165) is 43.4 Å². The molecule has 1 aromatic carbocycles. The third-order valence-electron chi connectivity index (χ3n) is 7.33.